The summed E-state index contributed by atoms with van der Waals surface area (Å²) < 4.78 is 38.7. The summed E-state index contributed by atoms with van der Waals surface area (Å²) in [6.45, 7) is -0.146. The van der Waals surface area contributed by atoms with E-state index in [1.807, 2.05) is 0 Å². The minimum absolute atomic E-state index is 0.146. The molecular formula is C12H13F3N4O. The molecule has 2 aromatic rings. The molecular weight excluding hydrogens is 273 g/mol. The molecule has 0 bridgehead atoms. The van der Waals surface area contributed by atoms with Crippen molar-refractivity contribution in [3.05, 3.63) is 35.4 Å². The summed E-state index contributed by atoms with van der Waals surface area (Å²) in [6, 6.07) is 4.40. The van der Waals surface area contributed by atoms with Crippen molar-refractivity contribution in [2.45, 2.75) is 12.6 Å². The number of aromatic nitrogens is 2. The first-order valence-corrected chi connectivity index (χ1v) is 5.76. The standard InChI is InChI=1S/C12H13F3N4O/c13-12(14,15)7-1-3-8(4-2-7)19-11(17)9(5-6-20)10(16)18-19/h1-4,20H,5-6,17H2,(H2,16,18). The van der Waals surface area contributed by atoms with E-state index < -0.39 is 11.7 Å². The van der Waals surface area contributed by atoms with Crippen LogP contribution in [0.5, 0.6) is 0 Å². The van der Waals surface area contributed by atoms with Crippen LogP contribution < -0.4 is 11.5 Å². The zero-order chi connectivity index (χ0) is 14.9. The van der Waals surface area contributed by atoms with Crippen LogP contribution in [0.3, 0.4) is 0 Å². The molecule has 0 saturated carbocycles. The zero-order valence-electron chi connectivity index (χ0n) is 10.4. The molecule has 0 atom stereocenters. The monoisotopic (exact) mass is 286 g/mol. The first-order chi connectivity index (χ1) is 9.34. The average Bonchev–Trinajstić information content (AvgIpc) is 2.66. The van der Waals surface area contributed by atoms with Crippen LogP contribution in [0, 0.1) is 0 Å². The van der Waals surface area contributed by atoms with E-state index in [0.29, 0.717) is 11.3 Å². The largest absolute Gasteiger partial charge is 0.416 e. The molecule has 2 rings (SSSR count). The molecule has 1 aromatic carbocycles. The van der Waals surface area contributed by atoms with Crippen molar-refractivity contribution in [3.63, 3.8) is 0 Å². The van der Waals surface area contributed by atoms with Crippen LogP contribution in [0.2, 0.25) is 0 Å². The molecule has 0 fully saturated rings. The van der Waals surface area contributed by atoms with Gasteiger partial charge in [-0.05, 0) is 24.3 Å². The highest BCUT2D eigenvalue weighted by Crippen LogP contribution is 2.30. The highest BCUT2D eigenvalue weighted by atomic mass is 19.4. The van der Waals surface area contributed by atoms with Crippen molar-refractivity contribution in [1.82, 2.24) is 9.78 Å². The van der Waals surface area contributed by atoms with E-state index >= 15 is 0 Å². The molecule has 20 heavy (non-hydrogen) atoms. The maximum absolute atomic E-state index is 12.5. The zero-order valence-corrected chi connectivity index (χ0v) is 10.4. The third-order valence-corrected chi connectivity index (χ3v) is 2.86. The van der Waals surface area contributed by atoms with Crippen LogP contribution in [0.4, 0.5) is 24.8 Å². The van der Waals surface area contributed by atoms with Gasteiger partial charge < -0.3 is 16.6 Å². The summed E-state index contributed by atoms with van der Waals surface area (Å²) in [5.74, 6) is 0.354. The van der Waals surface area contributed by atoms with E-state index in [1.54, 1.807) is 0 Å². The fraction of sp³-hybridized carbons (Fsp3) is 0.250. The summed E-state index contributed by atoms with van der Waals surface area (Å²) >= 11 is 0. The summed E-state index contributed by atoms with van der Waals surface area (Å²) in [7, 11) is 0. The Kier molecular flexibility index (Phi) is 3.58. The van der Waals surface area contributed by atoms with Crippen molar-refractivity contribution in [2.24, 2.45) is 0 Å². The number of anilines is 2. The molecule has 5 nitrogen and oxygen atoms in total. The minimum atomic E-state index is -4.39. The van der Waals surface area contributed by atoms with Crippen LogP contribution in [-0.2, 0) is 12.6 Å². The van der Waals surface area contributed by atoms with Gasteiger partial charge in [0.2, 0.25) is 0 Å². The highest BCUT2D eigenvalue weighted by molar-refractivity contribution is 5.58. The van der Waals surface area contributed by atoms with Gasteiger partial charge in [0.05, 0.1) is 11.3 Å². The number of aliphatic hydroxyl groups excluding tert-OH is 1. The Balaban J connectivity index is 2.40. The van der Waals surface area contributed by atoms with Gasteiger partial charge in [-0.2, -0.15) is 13.2 Å². The Labute approximate surface area is 112 Å². The van der Waals surface area contributed by atoms with E-state index in [0.717, 1.165) is 12.1 Å². The topological polar surface area (TPSA) is 90.1 Å². The fourth-order valence-electron chi connectivity index (χ4n) is 1.84. The molecule has 0 aliphatic carbocycles. The van der Waals surface area contributed by atoms with Gasteiger partial charge in [-0.25, -0.2) is 4.68 Å². The molecule has 1 heterocycles. The van der Waals surface area contributed by atoms with Gasteiger partial charge in [0.15, 0.2) is 5.82 Å². The Hall–Kier alpha value is -2.22. The Morgan fingerprint density at radius 1 is 1.15 bits per heavy atom. The number of benzene rings is 1. The molecule has 8 heteroatoms. The molecule has 108 valence electrons. The van der Waals surface area contributed by atoms with Gasteiger partial charge in [0.25, 0.3) is 0 Å². The van der Waals surface area contributed by atoms with E-state index in [2.05, 4.69) is 5.10 Å². The molecule has 0 radical (unpaired) electrons. The predicted molar refractivity (Wildman–Crippen MR) is 68.2 cm³/mol. The number of hydrogen-bond donors (Lipinski definition) is 3. The van der Waals surface area contributed by atoms with E-state index in [1.165, 1.54) is 16.8 Å². The lowest BCUT2D eigenvalue weighted by molar-refractivity contribution is -0.137. The second-order valence-electron chi connectivity index (χ2n) is 4.18. The molecule has 0 aliphatic heterocycles. The van der Waals surface area contributed by atoms with Crippen LogP contribution in [0.15, 0.2) is 24.3 Å². The SMILES string of the molecule is Nc1nn(-c2ccc(C(F)(F)F)cc2)c(N)c1CCO. The van der Waals surface area contributed by atoms with Crippen LogP contribution in [0.1, 0.15) is 11.1 Å². The van der Waals surface area contributed by atoms with Crippen LogP contribution >= 0.6 is 0 Å². The quantitative estimate of drug-likeness (QED) is 0.799. The summed E-state index contributed by atoms with van der Waals surface area (Å²) in [4.78, 5) is 0. The van der Waals surface area contributed by atoms with Gasteiger partial charge in [0.1, 0.15) is 5.82 Å². The maximum atomic E-state index is 12.5. The normalized spacial score (nSPS) is 11.8. The predicted octanol–water partition coefficient (Wildman–Crippen LogP) is 1.59. The third-order valence-electron chi connectivity index (χ3n) is 2.86. The summed E-state index contributed by atoms with van der Waals surface area (Å²) in [6.07, 6.45) is -4.16. The molecule has 0 amide bonds. The summed E-state index contributed by atoms with van der Waals surface area (Å²) in [5, 5.41) is 12.9. The smallest absolute Gasteiger partial charge is 0.396 e. The van der Waals surface area contributed by atoms with Gasteiger partial charge >= 0.3 is 6.18 Å². The van der Waals surface area contributed by atoms with E-state index in [9.17, 15) is 13.2 Å². The van der Waals surface area contributed by atoms with Gasteiger partial charge in [0, 0.05) is 18.6 Å². The third kappa shape index (κ3) is 2.55. The Morgan fingerprint density at radius 3 is 2.25 bits per heavy atom. The number of nitrogens with two attached hydrogens (primary N) is 2. The van der Waals surface area contributed by atoms with E-state index in [-0.39, 0.29) is 24.7 Å². The molecule has 5 N–H and O–H groups in total. The second kappa shape index (κ2) is 5.04. The van der Waals surface area contributed by atoms with Crippen molar-refractivity contribution in [2.75, 3.05) is 18.1 Å². The lowest BCUT2D eigenvalue weighted by Crippen LogP contribution is -2.07. The van der Waals surface area contributed by atoms with Crippen molar-refractivity contribution >= 4 is 11.6 Å². The van der Waals surface area contributed by atoms with Crippen LogP contribution in [-0.4, -0.2) is 21.5 Å². The Bertz CT molecular complexity index is 604. The lowest BCUT2D eigenvalue weighted by Gasteiger charge is -2.08. The minimum Gasteiger partial charge on any atom is -0.396 e. The molecule has 0 spiro atoms. The van der Waals surface area contributed by atoms with Crippen molar-refractivity contribution in [3.8, 4) is 5.69 Å². The number of nitrogen functional groups attached to an aromatic ring is 2. The van der Waals surface area contributed by atoms with Gasteiger partial charge in [-0.15, -0.1) is 5.10 Å². The number of aliphatic hydroxyl groups is 1. The molecule has 0 unspecified atom stereocenters. The maximum Gasteiger partial charge on any atom is 0.416 e. The molecule has 0 aliphatic rings. The first kappa shape index (κ1) is 14.2. The van der Waals surface area contributed by atoms with Crippen molar-refractivity contribution < 1.29 is 18.3 Å². The highest BCUT2D eigenvalue weighted by Gasteiger charge is 2.30. The number of alkyl halides is 3. The summed E-state index contributed by atoms with van der Waals surface area (Å²) in [5.41, 5.74) is 11.6. The van der Waals surface area contributed by atoms with Gasteiger partial charge in [-0.3, -0.25) is 0 Å². The van der Waals surface area contributed by atoms with Gasteiger partial charge in [-0.1, -0.05) is 0 Å². The number of rotatable bonds is 3. The molecule has 0 saturated heterocycles. The molecule has 1 aromatic heterocycles. The van der Waals surface area contributed by atoms with Crippen molar-refractivity contribution in [1.29, 1.82) is 0 Å². The Morgan fingerprint density at radius 2 is 1.75 bits per heavy atom. The van der Waals surface area contributed by atoms with E-state index in [4.69, 9.17) is 16.6 Å². The number of nitrogens with zero attached hydrogens (tertiary/aromatic N) is 2. The van der Waals surface area contributed by atoms with Crippen LogP contribution in [0.25, 0.3) is 5.69 Å². The average molecular weight is 286 g/mol. The number of halogens is 3. The fourth-order valence-corrected chi connectivity index (χ4v) is 1.84. The number of hydrogen-bond acceptors (Lipinski definition) is 4. The first-order valence-electron chi connectivity index (χ1n) is 5.76. The second-order valence-corrected chi connectivity index (χ2v) is 4.18. The lowest BCUT2D eigenvalue weighted by atomic mass is 10.2.